The third-order valence-corrected chi connectivity index (χ3v) is 12.9. The van der Waals surface area contributed by atoms with Gasteiger partial charge in [-0.2, -0.15) is 0 Å². The van der Waals surface area contributed by atoms with Crippen LogP contribution >= 0.6 is 0 Å². The molecule has 0 N–H and O–H groups in total. The van der Waals surface area contributed by atoms with E-state index in [9.17, 15) is 0 Å². The summed E-state index contributed by atoms with van der Waals surface area (Å²) < 4.78 is 4.84. The van der Waals surface area contributed by atoms with Crippen LogP contribution in [0.1, 0.15) is 25.0 Å². The minimum absolute atomic E-state index is 0.255. The summed E-state index contributed by atoms with van der Waals surface area (Å²) in [5.41, 5.74) is 17.9. The van der Waals surface area contributed by atoms with Gasteiger partial charge in [0.15, 0.2) is 0 Å². The third-order valence-electron chi connectivity index (χ3n) is 12.9. The van der Waals surface area contributed by atoms with E-state index in [2.05, 4.69) is 240 Å². The first-order chi connectivity index (χ1) is 29.6. The van der Waals surface area contributed by atoms with E-state index in [4.69, 9.17) is 0 Å². The Labute approximate surface area is 349 Å². The van der Waals surface area contributed by atoms with Crippen molar-refractivity contribution in [3.8, 4) is 33.6 Å². The molecule has 0 amide bonds. The summed E-state index contributed by atoms with van der Waals surface area (Å²) >= 11 is 0. The minimum Gasteiger partial charge on any atom is -0.309 e. The van der Waals surface area contributed by atoms with Gasteiger partial charge in [0.1, 0.15) is 0 Å². The van der Waals surface area contributed by atoms with Crippen LogP contribution in [0, 0.1) is 0 Å². The molecular formula is C57H41N3. The predicted octanol–water partition coefficient (Wildman–Crippen LogP) is 15.3. The van der Waals surface area contributed by atoms with E-state index in [1.807, 2.05) is 0 Å². The molecule has 3 nitrogen and oxygen atoms in total. The molecule has 0 radical (unpaired) electrons. The number of fused-ring (bicyclic) bond motifs is 9. The Hall–Kier alpha value is -7.62. The van der Waals surface area contributed by atoms with Crippen molar-refractivity contribution in [3.63, 3.8) is 0 Å². The molecular weight excluding hydrogens is 727 g/mol. The summed E-state index contributed by atoms with van der Waals surface area (Å²) in [5, 5.41) is 5.00. The van der Waals surface area contributed by atoms with Gasteiger partial charge < -0.3 is 14.0 Å². The van der Waals surface area contributed by atoms with Crippen molar-refractivity contribution < 1.29 is 0 Å². The number of hydrogen-bond donors (Lipinski definition) is 0. The smallest absolute Gasteiger partial charge is 0.0562 e. The highest BCUT2D eigenvalue weighted by Crippen LogP contribution is 2.53. The molecule has 0 fully saturated rings. The van der Waals surface area contributed by atoms with Gasteiger partial charge in [-0.3, -0.25) is 0 Å². The molecule has 12 rings (SSSR count). The summed E-state index contributed by atoms with van der Waals surface area (Å²) in [6, 6.07) is 77.8. The van der Waals surface area contributed by atoms with Gasteiger partial charge in [-0.15, -0.1) is 0 Å². The average molecular weight is 768 g/mol. The first kappa shape index (κ1) is 34.4. The number of hydrogen-bond acceptors (Lipinski definition) is 1. The van der Waals surface area contributed by atoms with Gasteiger partial charge in [0.2, 0.25) is 0 Å². The van der Waals surface area contributed by atoms with Crippen LogP contribution < -0.4 is 4.90 Å². The molecule has 0 saturated heterocycles. The van der Waals surface area contributed by atoms with E-state index in [0.717, 1.165) is 22.7 Å². The van der Waals surface area contributed by atoms with Gasteiger partial charge in [0, 0.05) is 49.6 Å². The van der Waals surface area contributed by atoms with Gasteiger partial charge in [-0.25, -0.2) is 0 Å². The number of para-hydroxylation sites is 5. The Balaban J connectivity index is 1.08. The Morgan fingerprint density at radius 3 is 1.60 bits per heavy atom. The molecule has 60 heavy (non-hydrogen) atoms. The normalized spacial score (nSPS) is 13.0. The van der Waals surface area contributed by atoms with Gasteiger partial charge in [-0.05, 0) is 101 Å². The number of aromatic nitrogens is 2. The second kappa shape index (κ2) is 13.2. The summed E-state index contributed by atoms with van der Waals surface area (Å²) in [5.74, 6) is 0. The van der Waals surface area contributed by atoms with Gasteiger partial charge >= 0.3 is 0 Å². The Morgan fingerprint density at radius 1 is 0.367 bits per heavy atom. The second-order valence-electron chi connectivity index (χ2n) is 16.5. The third kappa shape index (κ3) is 5.02. The predicted molar refractivity (Wildman–Crippen MR) is 253 cm³/mol. The summed E-state index contributed by atoms with van der Waals surface area (Å²) in [6.07, 6.45) is 0. The van der Waals surface area contributed by atoms with E-state index in [-0.39, 0.29) is 5.41 Å². The SMILES string of the molecule is CC1(C)c2cc(N(c3ccccc3-c3ccccc3)c3cccc4c3c3ccccc3n4-c3ccccc3)ccc2-c2ccc(-n3c4ccccc4c4ccccc43)cc21. The summed E-state index contributed by atoms with van der Waals surface area (Å²) in [7, 11) is 0. The van der Waals surface area contributed by atoms with E-state index in [1.165, 1.54) is 82.7 Å². The van der Waals surface area contributed by atoms with E-state index < -0.39 is 0 Å². The van der Waals surface area contributed by atoms with Crippen LogP contribution in [0.5, 0.6) is 0 Å². The van der Waals surface area contributed by atoms with E-state index in [0.29, 0.717) is 0 Å². The maximum absolute atomic E-state index is 2.51. The Kier molecular flexibility index (Phi) is 7.58. The van der Waals surface area contributed by atoms with E-state index in [1.54, 1.807) is 0 Å². The fourth-order valence-electron chi connectivity index (χ4n) is 10.2. The average Bonchev–Trinajstić information content (AvgIpc) is 3.90. The van der Waals surface area contributed by atoms with Crippen molar-refractivity contribution in [1.82, 2.24) is 9.13 Å². The quantitative estimate of drug-likeness (QED) is 0.164. The maximum Gasteiger partial charge on any atom is 0.0562 e. The van der Waals surface area contributed by atoms with Crippen molar-refractivity contribution in [2.45, 2.75) is 19.3 Å². The first-order valence-corrected chi connectivity index (χ1v) is 20.9. The van der Waals surface area contributed by atoms with Crippen LogP contribution in [0.3, 0.4) is 0 Å². The number of benzene rings is 9. The lowest BCUT2D eigenvalue weighted by Gasteiger charge is -2.30. The van der Waals surface area contributed by atoms with Crippen LogP contribution in [0.15, 0.2) is 212 Å². The Bertz CT molecular complexity index is 3410. The molecule has 1 aliphatic carbocycles. The fourth-order valence-corrected chi connectivity index (χ4v) is 10.2. The lowest BCUT2D eigenvalue weighted by molar-refractivity contribution is 0.660. The van der Waals surface area contributed by atoms with Crippen molar-refractivity contribution >= 4 is 60.7 Å². The maximum atomic E-state index is 2.51. The highest BCUT2D eigenvalue weighted by Gasteiger charge is 2.37. The first-order valence-electron chi connectivity index (χ1n) is 20.9. The molecule has 0 saturated carbocycles. The highest BCUT2D eigenvalue weighted by atomic mass is 15.2. The fraction of sp³-hybridized carbons (Fsp3) is 0.0526. The van der Waals surface area contributed by atoms with Crippen LogP contribution in [-0.2, 0) is 5.41 Å². The van der Waals surface area contributed by atoms with Crippen LogP contribution in [0.2, 0.25) is 0 Å². The second-order valence-corrected chi connectivity index (χ2v) is 16.5. The van der Waals surface area contributed by atoms with Gasteiger partial charge in [0.25, 0.3) is 0 Å². The van der Waals surface area contributed by atoms with Crippen molar-refractivity contribution in [1.29, 1.82) is 0 Å². The lowest BCUT2D eigenvalue weighted by Crippen LogP contribution is -2.17. The molecule has 1 aliphatic rings. The lowest BCUT2D eigenvalue weighted by atomic mass is 9.82. The minimum atomic E-state index is -0.255. The molecule has 3 heteroatoms. The number of nitrogens with zero attached hydrogens (tertiary/aromatic N) is 3. The largest absolute Gasteiger partial charge is 0.309 e. The van der Waals surface area contributed by atoms with Crippen LogP contribution in [-0.4, -0.2) is 9.13 Å². The molecule has 0 unspecified atom stereocenters. The van der Waals surface area contributed by atoms with Gasteiger partial charge in [-0.1, -0.05) is 153 Å². The molecule has 2 aromatic heterocycles. The number of anilines is 3. The van der Waals surface area contributed by atoms with E-state index >= 15 is 0 Å². The van der Waals surface area contributed by atoms with Crippen LogP contribution in [0.25, 0.3) is 77.2 Å². The Morgan fingerprint density at radius 2 is 0.883 bits per heavy atom. The summed E-state index contributed by atoms with van der Waals surface area (Å²) in [4.78, 5) is 2.51. The zero-order chi connectivity index (χ0) is 40.0. The molecule has 284 valence electrons. The van der Waals surface area contributed by atoms with Crippen molar-refractivity contribution in [2.24, 2.45) is 0 Å². The standard InChI is InChI=1S/C57H41N3/c1-57(2)48-36-40(59-51-27-14-10-23-45(51)46-24-11-15-28-52(46)59)32-34-43(48)44-35-33-41(37-49(44)57)60(50-26-13-9-22-42(50)38-18-5-3-6-19-38)55-31-17-30-54-56(55)47-25-12-16-29-53(47)58(54)39-20-7-4-8-21-39/h3-37H,1-2H3. The summed E-state index contributed by atoms with van der Waals surface area (Å²) in [6.45, 7) is 4.79. The van der Waals surface area contributed by atoms with Crippen molar-refractivity contribution in [2.75, 3.05) is 4.90 Å². The van der Waals surface area contributed by atoms with Crippen LogP contribution in [0.4, 0.5) is 17.1 Å². The molecule has 0 aliphatic heterocycles. The van der Waals surface area contributed by atoms with Crippen molar-refractivity contribution in [3.05, 3.63) is 223 Å². The zero-order valence-corrected chi connectivity index (χ0v) is 33.5. The molecule has 9 aromatic carbocycles. The topological polar surface area (TPSA) is 13.1 Å². The zero-order valence-electron chi connectivity index (χ0n) is 33.5. The van der Waals surface area contributed by atoms with Gasteiger partial charge in [0.05, 0.1) is 33.4 Å². The monoisotopic (exact) mass is 767 g/mol. The highest BCUT2D eigenvalue weighted by molar-refractivity contribution is 6.17. The molecule has 2 heterocycles. The molecule has 0 spiro atoms. The molecule has 0 atom stereocenters. The molecule has 11 aromatic rings. The molecule has 0 bridgehead atoms. The number of rotatable bonds is 6.